The molecule has 2 N–H and O–H groups in total. The smallest absolute Gasteiger partial charge is 0.328 e. The van der Waals surface area contributed by atoms with E-state index >= 15 is 0 Å². The second-order valence-corrected chi connectivity index (χ2v) is 9.15. The van der Waals surface area contributed by atoms with Gasteiger partial charge in [-0.05, 0) is 48.7 Å². The summed E-state index contributed by atoms with van der Waals surface area (Å²) in [5, 5.41) is -0.654. The summed E-state index contributed by atoms with van der Waals surface area (Å²) in [6.07, 6.45) is 0.864. The van der Waals surface area contributed by atoms with Gasteiger partial charge in [-0.25, -0.2) is 13.2 Å². The molecule has 1 aliphatic rings. The van der Waals surface area contributed by atoms with Gasteiger partial charge in [-0.2, -0.15) is 0 Å². The van der Waals surface area contributed by atoms with Crippen molar-refractivity contribution in [3.63, 3.8) is 0 Å². The summed E-state index contributed by atoms with van der Waals surface area (Å²) < 4.78 is 31.5. The van der Waals surface area contributed by atoms with Gasteiger partial charge in [0.15, 0.2) is 9.84 Å². The SMILES string of the molecule is CCOC(=O)C1(N)C(c2ccc(CC)cc2)C1S(=O)(=O)c1ccc(Cl)cc1. The highest BCUT2D eigenvalue weighted by molar-refractivity contribution is 7.92. The van der Waals surface area contributed by atoms with Crippen LogP contribution in [0.4, 0.5) is 0 Å². The molecule has 0 amide bonds. The normalized spacial score (nSPS) is 24.4. The molecule has 0 saturated heterocycles. The van der Waals surface area contributed by atoms with Gasteiger partial charge in [0.25, 0.3) is 0 Å². The highest BCUT2D eigenvalue weighted by atomic mass is 35.5. The number of sulfone groups is 1. The molecule has 7 heteroatoms. The van der Waals surface area contributed by atoms with Crippen LogP contribution in [-0.4, -0.2) is 31.8 Å². The Morgan fingerprint density at radius 3 is 2.22 bits per heavy atom. The van der Waals surface area contributed by atoms with Gasteiger partial charge in [0.2, 0.25) is 0 Å². The second kappa shape index (κ2) is 7.26. The average molecular weight is 408 g/mol. The second-order valence-electron chi connectivity index (χ2n) is 6.65. The number of esters is 1. The number of carbonyl (C=O) groups is 1. The highest BCUT2D eigenvalue weighted by Gasteiger charge is 2.74. The Bertz CT molecular complexity index is 941. The average Bonchev–Trinajstić information content (AvgIpc) is 3.31. The van der Waals surface area contributed by atoms with E-state index in [-0.39, 0.29) is 11.5 Å². The Labute approximate surface area is 164 Å². The fraction of sp³-hybridized carbons (Fsp3) is 0.350. The van der Waals surface area contributed by atoms with Gasteiger partial charge in [-0.15, -0.1) is 0 Å². The minimum atomic E-state index is -3.85. The molecule has 3 rings (SSSR count). The highest BCUT2D eigenvalue weighted by Crippen LogP contribution is 2.56. The number of benzene rings is 2. The van der Waals surface area contributed by atoms with E-state index in [0.29, 0.717) is 10.6 Å². The topological polar surface area (TPSA) is 86.5 Å². The van der Waals surface area contributed by atoms with Crippen LogP contribution in [0, 0.1) is 0 Å². The van der Waals surface area contributed by atoms with E-state index < -0.39 is 32.5 Å². The number of aryl methyl sites for hydroxylation is 1. The molecule has 3 atom stereocenters. The number of nitrogens with two attached hydrogens (primary N) is 1. The van der Waals surface area contributed by atoms with Crippen molar-refractivity contribution < 1.29 is 17.9 Å². The maximum Gasteiger partial charge on any atom is 0.328 e. The van der Waals surface area contributed by atoms with Gasteiger partial charge in [-0.3, -0.25) is 0 Å². The van der Waals surface area contributed by atoms with Crippen molar-refractivity contribution >= 4 is 27.4 Å². The lowest BCUT2D eigenvalue weighted by molar-refractivity contribution is -0.145. The first-order valence-electron chi connectivity index (χ1n) is 8.81. The molecule has 1 aliphatic carbocycles. The number of hydrogen-bond acceptors (Lipinski definition) is 5. The van der Waals surface area contributed by atoms with Crippen molar-refractivity contribution in [1.82, 2.24) is 0 Å². The lowest BCUT2D eigenvalue weighted by Crippen LogP contribution is -2.41. The molecule has 27 heavy (non-hydrogen) atoms. The van der Waals surface area contributed by atoms with E-state index in [9.17, 15) is 13.2 Å². The van der Waals surface area contributed by atoms with Crippen molar-refractivity contribution in [2.45, 2.75) is 41.9 Å². The molecule has 3 unspecified atom stereocenters. The first-order valence-corrected chi connectivity index (χ1v) is 10.7. The maximum absolute atomic E-state index is 13.2. The minimum Gasteiger partial charge on any atom is -0.465 e. The molecule has 144 valence electrons. The van der Waals surface area contributed by atoms with Gasteiger partial charge in [0.05, 0.1) is 11.5 Å². The van der Waals surface area contributed by atoms with Crippen LogP contribution in [-0.2, 0) is 25.8 Å². The van der Waals surface area contributed by atoms with Crippen LogP contribution in [0.2, 0.25) is 5.02 Å². The largest absolute Gasteiger partial charge is 0.465 e. The fourth-order valence-electron chi connectivity index (χ4n) is 3.49. The minimum absolute atomic E-state index is 0.0868. The summed E-state index contributed by atoms with van der Waals surface area (Å²) in [6, 6.07) is 13.4. The van der Waals surface area contributed by atoms with Crippen LogP contribution in [0.1, 0.15) is 30.9 Å². The molecule has 5 nitrogen and oxygen atoms in total. The van der Waals surface area contributed by atoms with Crippen LogP contribution in [0.15, 0.2) is 53.4 Å². The summed E-state index contributed by atoms with van der Waals surface area (Å²) in [5.41, 5.74) is 6.57. The van der Waals surface area contributed by atoms with Gasteiger partial charge in [0.1, 0.15) is 10.8 Å². The van der Waals surface area contributed by atoms with E-state index in [0.717, 1.165) is 12.0 Å². The van der Waals surface area contributed by atoms with Crippen molar-refractivity contribution in [3.05, 3.63) is 64.7 Å². The Kier molecular flexibility index (Phi) is 5.34. The Morgan fingerprint density at radius 2 is 1.70 bits per heavy atom. The molecule has 0 radical (unpaired) electrons. The number of hydrogen-bond donors (Lipinski definition) is 1. The van der Waals surface area contributed by atoms with Gasteiger partial charge in [0, 0.05) is 10.9 Å². The Morgan fingerprint density at radius 1 is 1.11 bits per heavy atom. The third-order valence-electron chi connectivity index (χ3n) is 5.03. The summed E-state index contributed by atoms with van der Waals surface area (Å²) in [6.45, 7) is 3.83. The van der Waals surface area contributed by atoms with Crippen LogP contribution < -0.4 is 5.73 Å². The van der Waals surface area contributed by atoms with Crippen molar-refractivity contribution in [3.8, 4) is 0 Å². The molecule has 0 spiro atoms. The van der Waals surface area contributed by atoms with Crippen molar-refractivity contribution in [1.29, 1.82) is 0 Å². The van der Waals surface area contributed by atoms with E-state index in [1.54, 1.807) is 6.92 Å². The van der Waals surface area contributed by atoms with Gasteiger partial charge < -0.3 is 10.5 Å². The Balaban J connectivity index is 2.04. The molecule has 0 aliphatic heterocycles. The van der Waals surface area contributed by atoms with E-state index in [1.165, 1.54) is 24.3 Å². The number of halogens is 1. The standard InChI is InChI=1S/C20H22ClNO4S/c1-3-13-5-7-14(8-6-13)17-18(20(17,22)19(23)26-4-2)27(24,25)16-11-9-15(21)10-12-16/h5-12,17-18H,3-4,22H2,1-2H3. The van der Waals surface area contributed by atoms with Gasteiger partial charge >= 0.3 is 5.97 Å². The third-order valence-corrected chi connectivity index (χ3v) is 7.54. The fourth-order valence-corrected chi connectivity index (χ4v) is 5.84. The Hall–Kier alpha value is -1.89. The molecule has 0 heterocycles. The monoisotopic (exact) mass is 407 g/mol. The summed E-state index contributed by atoms with van der Waals surface area (Å²) >= 11 is 5.86. The first-order chi connectivity index (χ1) is 12.8. The molecule has 0 aromatic heterocycles. The van der Waals surface area contributed by atoms with E-state index in [4.69, 9.17) is 22.1 Å². The van der Waals surface area contributed by atoms with Crippen LogP contribution >= 0.6 is 11.6 Å². The molecule has 2 aromatic carbocycles. The zero-order chi connectivity index (χ0) is 19.8. The molecular weight excluding hydrogens is 386 g/mol. The number of rotatable bonds is 6. The lowest BCUT2D eigenvalue weighted by Gasteiger charge is -2.11. The van der Waals surface area contributed by atoms with Crippen LogP contribution in [0.3, 0.4) is 0 Å². The lowest BCUT2D eigenvalue weighted by atomic mass is 10.0. The third kappa shape index (κ3) is 3.37. The molecule has 2 aromatic rings. The zero-order valence-corrected chi connectivity index (χ0v) is 16.8. The summed E-state index contributed by atoms with van der Waals surface area (Å²) in [5.74, 6) is -1.36. The van der Waals surface area contributed by atoms with Gasteiger partial charge in [-0.1, -0.05) is 42.8 Å². The predicted octanol–water partition coefficient (Wildman–Crippen LogP) is 3.10. The van der Waals surface area contributed by atoms with Crippen LogP contribution in [0.5, 0.6) is 0 Å². The van der Waals surface area contributed by atoms with E-state index in [2.05, 4.69) is 0 Å². The zero-order valence-electron chi connectivity index (χ0n) is 15.2. The summed E-state index contributed by atoms with van der Waals surface area (Å²) in [4.78, 5) is 12.6. The van der Waals surface area contributed by atoms with Crippen molar-refractivity contribution in [2.75, 3.05) is 6.61 Å². The first kappa shape index (κ1) is 19.9. The maximum atomic E-state index is 13.2. The summed E-state index contributed by atoms with van der Waals surface area (Å²) in [7, 11) is -3.85. The van der Waals surface area contributed by atoms with Crippen molar-refractivity contribution in [2.24, 2.45) is 5.73 Å². The molecule has 1 fully saturated rings. The van der Waals surface area contributed by atoms with E-state index in [1.807, 2.05) is 31.2 Å². The quantitative estimate of drug-likeness (QED) is 0.743. The molecular formula is C20H22ClNO4S. The molecule has 1 saturated carbocycles. The van der Waals surface area contributed by atoms with Crippen LogP contribution in [0.25, 0.3) is 0 Å². The predicted molar refractivity (Wildman–Crippen MR) is 105 cm³/mol. The number of carbonyl (C=O) groups excluding carboxylic acids is 1. The molecule has 0 bridgehead atoms. The number of ether oxygens (including phenoxy) is 1.